The van der Waals surface area contributed by atoms with E-state index >= 15 is 0 Å². The Morgan fingerprint density at radius 1 is 0.955 bits per heavy atom. The van der Waals surface area contributed by atoms with Crippen LogP contribution in [0.5, 0.6) is 0 Å². The van der Waals surface area contributed by atoms with E-state index in [0.29, 0.717) is 21.6 Å². The smallest absolute Gasteiger partial charge is 0.261 e. The molecule has 108 valence electrons. The average Bonchev–Trinajstić information content (AvgIpc) is 2.56. The first kappa shape index (κ1) is 14.8. The van der Waals surface area contributed by atoms with E-state index in [1.807, 2.05) is 37.3 Å². The molecule has 0 fully saturated rings. The number of aromatic nitrogens is 2. The van der Waals surface area contributed by atoms with E-state index in [2.05, 4.69) is 9.97 Å². The lowest BCUT2D eigenvalue weighted by molar-refractivity contribution is 0.605. The van der Waals surface area contributed by atoms with Crippen LogP contribution in [0.25, 0.3) is 22.4 Å². The number of benzene rings is 1. The summed E-state index contributed by atoms with van der Waals surface area (Å²) in [6, 6.07) is 13.2. The summed E-state index contributed by atoms with van der Waals surface area (Å²) in [5.74, 6) is 0. The molecule has 2 aromatic heterocycles. The Labute approximate surface area is 137 Å². The van der Waals surface area contributed by atoms with E-state index < -0.39 is 0 Å². The fraction of sp³-hybridized carbons (Fsp3) is 0.0588. The molecule has 0 saturated heterocycles. The molecule has 0 atom stereocenters. The van der Waals surface area contributed by atoms with Gasteiger partial charge in [-0.15, -0.1) is 0 Å². The number of halogens is 1. The molecule has 0 aliphatic rings. The summed E-state index contributed by atoms with van der Waals surface area (Å²) in [6.45, 7) is 1.94. The van der Waals surface area contributed by atoms with Crippen LogP contribution in [0.1, 0.15) is 5.69 Å². The predicted octanol–water partition coefficient (Wildman–Crippen LogP) is 4.56. The highest BCUT2D eigenvalue weighted by Crippen LogP contribution is 2.32. The molecule has 0 bridgehead atoms. The fourth-order valence-electron chi connectivity index (χ4n) is 2.19. The second-order valence-electron chi connectivity index (χ2n) is 4.85. The van der Waals surface area contributed by atoms with E-state index in [9.17, 15) is 4.21 Å². The molecule has 3 aromatic rings. The molecular weight excluding hydrogens is 316 g/mol. The molecule has 22 heavy (non-hydrogen) atoms. The van der Waals surface area contributed by atoms with Crippen molar-refractivity contribution in [1.29, 1.82) is 0 Å². The number of nitrogens with zero attached hydrogens (tertiary/aromatic N) is 2. The van der Waals surface area contributed by atoms with Crippen LogP contribution >= 0.6 is 11.6 Å². The Kier molecular flexibility index (Phi) is 4.22. The summed E-state index contributed by atoms with van der Waals surface area (Å²) >= 11 is 6.58. The summed E-state index contributed by atoms with van der Waals surface area (Å²) in [5.41, 5.74) is 4.58. The highest BCUT2D eigenvalue weighted by molar-refractivity contribution is 7.65. The zero-order chi connectivity index (χ0) is 15.5. The zero-order valence-corrected chi connectivity index (χ0v) is 13.4. The van der Waals surface area contributed by atoms with E-state index in [4.69, 9.17) is 11.6 Å². The Bertz CT molecular complexity index is 817. The quantitative estimate of drug-likeness (QED) is 0.662. The van der Waals surface area contributed by atoms with Crippen molar-refractivity contribution in [3.8, 4) is 22.4 Å². The van der Waals surface area contributed by atoms with Crippen LogP contribution in [0.4, 0.5) is 0 Å². The highest BCUT2D eigenvalue weighted by Gasteiger charge is 2.12. The zero-order valence-electron chi connectivity index (χ0n) is 11.8. The first-order chi connectivity index (χ1) is 10.7. The summed E-state index contributed by atoms with van der Waals surface area (Å²) in [4.78, 5) is 9.46. The maximum Gasteiger partial charge on any atom is 0.505 e. The summed E-state index contributed by atoms with van der Waals surface area (Å²) in [6.07, 6.45) is 3.43. The molecule has 0 amide bonds. The van der Waals surface area contributed by atoms with Crippen molar-refractivity contribution in [2.45, 2.75) is 11.8 Å². The third-order valence-electron chi connectivity index (χ3n) is 3.30. The molecule has 3 rings (SSSR count). The minimum Gasteiger partial charge on any atom is -0.261 e. The number of pyridine rings is 2. The molecule has 0 radical (unpaired) electrons. The molecule has 0 N–H and O–H groups in total. The first-order valence-electron chi connectivity index (χ1n) is 6.66. The van der Waals surface area contributed by atoms with Gasteiger partial charge in [0, 0.05) is 45.6 Å². The summed E-state index contributed by atoms with van der Waals surface area (Å²) in [7, 11) is 0. The molecule has 0 aliphatic carbocycles. The maximum atomic E-state index is 10.8. The van der Waals surface area contributed by atoms with Gasteiger partial charge in [0.15, 0.2) is 0 Å². The maximum absolute atomic E-state index is 10.8. The molecule has 1 aromatic carbocycles. The van der Waals surface area contributed by atoms with Gasteiger partial charge in [0.2, 0.25) is 0 Å². The van der Waals surface area contributed by atoms with Crippen molar-refractivity contribution in [2.75, 3.05) is 0 Å². The normalized spacial score (nSPS) is 10.5. The van der Waals surface area contributed by atoms with Gasteiger partial charge in [-0.05, 0) is 42.8 Å². The average molecular weight is 328 g/mol. The van der Waals surface area contributed by atoms with E-state index in [1.165, 1.54) is 0 Å². The van der Waals surface area contributed by atoms with Crippen molar-refractivity contribution < 1.29 is 4.21 Å². The lowest BCUT2D eigenvalue weighted by atomic mass is 10.0. The SMILES string of the molecule is Cc1ccc(-c2ncc(Cl)cc2-c2ccc([S+]=O)cc2)cn1. The van der Waals surface area contributed by atoms with Crippen LogP contribution in [-0.4, -0.2) is 9.97 Å². The van der Waals surface area contributed by atoms with E-state index in [-0.39, 0.29) is 0 Å². The topological polar surface area (TPSA) is 42.9 Å². The molecular formula is C17H12ClN2OS+. The van der Waals surface area contributed by atoms with Crippen molar-refractivity contribution >= 4 is 23.3 Å². The van der Waals surface area contributed by atoms with Gasteiger partial charge in [0.05, 0.1) is 10.7 Å². The van der Waals surface area contributed by atoms with Gasteiger partial charge in [-0.3, -0.25) is 9.97 Å². The monoisotopic (exact) mass is 327 g/mol. The van der Waals surface area contributed by atoms with Crippen molar-refractivity contribution in [2.24, 2.45) is 0 Å². The minimum absolute atomic E-state index is 0.476. The van der Waals surface area contributed by atoms with Gasteiger partial charge in [-0.25, -0.2) is 0 Å². The van der Waals surface area contributed by atoms with Crippen LogP contribution in [0.2, 0.25) is 5.02 Å². The summed E-state index contributed by atoms with van der Waals surface area (Å²) < 4.78 is 10.8. The van der Waals surface area contributed by atoms with E-state index in [1.54, 1.807) is 24.5 Å². The van der Waals surface area contributed by atoms with Gasteiger partial charge < -0.3 is 0 Å². The molecule has 0 aliphatic heterocycles. The largest absolute Gasteiger partial charge is 0.505 e. The highest BCUT2D eigenvalue weighted by atomic mass is 35.5. The molecule has 5 heteroatoms. The second-order valence-corrected chi connectivity index (χ2v) is 5.92. The molecule has 0 unspecified atom stereocenters. The molecule has 0 saturated carbocycles. The van der Waals surface area contributed by atoms with Gasteiger partial charge in [-0.2, -0.15) is 0 Å². The second kappa shape index (κ2) is 6.30. The standard InChI is InChI=1S/C17H12ClN2OS/c1-11-2-3-13(9-19-11)17-16(8-14(18)10-20-17)12-4-6-15(22-21)7-5-12/h2-10H,1H3/q+1. The lowest BCUT2D eigenvalue weighted by Crippen LogP contribution is -1.91. The van der Waals surface area contributed by atoms with Crippen molar-refractivity contribution in [1.82, 2.24) is 9.97 Å². The minimum atomic E-state index is 0.476. The van der Waals surface area contributed by atoms with Crippen LogP contribution in [0.15, 0.2) is 59.8 Å². The Balaban J connectivity index is 2.14. The molecule has 2 heterocycles. The van der Waals surface area contributed by atoms with Gasteiger partial charge in [0.1, 0.15) is 0 Å². The fourth-order valence-corrected chi connectivity index (χ4v) is 2.59. The predicted molar refractivity (Wildman–Crippen MR) is 89.0 cm³/mol. The van der Waals surface area contributed by atoms with Crippen LogP contribution < -0.4 is 0 Å². The summed E-state index contributed by atoms with van der Waals surface area (Å²) in [5, 5.41) is 0.570. The van der Waals surface area contributed by atoms with Gasteiger partial charge in [-0.1, -0.05) is 11.6 Å². The van der Waals surface area contributed by atoms with E-state index in [0.717, 1.165) is 28.1 Å². The Hall–Kier alpha value is -2.17. The van der Waals surface area contributed by atoms with Gasteiger partial charge >= 0.3 is 11.7 Å². The third kappa shape index (κ3) is 3.03. The third-order valence-corrected chi connectivity index (χ3v) is 3.97. The lowest BCUT2D eigenvalue weighted by Gasteiger charge is -2.09. The van der Waals surface area contributed by atoms with Crippen molar-refractivity contribution in [3.63, 3.8) is 0 Å². The van der Waals surface area contributed by atoms with Crippen LogP contribution in [0.3, 0.4) is 0 Å². The first-order valence-corrected chi connectivity index (χ1v) is 7.78. The van der Waals surface area contributed by atoms with Crippen LogP contribution in [0, 0.1) is 6.92 Å². The number of hydrogen-bond donors (Lipinski definition) is 0. The number of rotatable bonds is 3. The van der Waals surface area contributed by atoms with Gasteiger partial charge in [0.25, 0.3) is 4.90 Å². The van der Waals surface area contributed by atoms with Crippen molar-refractivity contribution in [3.05, 3.63) is 65.6 Å². The number of aryl methyl sites for hydroxylation is 1. The van der Waals surface area contributed by atoms with Crippen LogP contribution in [-0.2, 0) is 15.9 Å². The number of hydrogen-bond acceptors (Lipinski definition) is 3. The molecule has 3 nitrogen and oxygen atoms in total. The Morgan fingerprint density at radius 2 is 1.68 bits per heavy atom. The molecule has 0 spiro atoms. The Morgan fingerprint density at radius 3 is 2.32 bits per heavy atom.